The van der Waals surface area contributed by atoms with Crippen molar-refractivity contribution in [3.8, 4) is 11.8 Å². The van der Waals surface area contributed by atoms with Crippen LogP contribution in [-0.4, -0.2) is 17.3 Å². The predicted octanol–water partition coefficient (Wildman–Crippen LogP) is 5.81. The maximum atomic E-state index is 11.2. The van der Waals surface area contributed by atoms with Crippen LogP contribution in [0.2, 0.25) is 0 Å². The Morgan fingerprint density at radius 1 is 0.885 bits per heavy atom. The van der Waals surface area contributed by atoms with Crippen LogP contribution in [0, 0.1) is 28.1 Å². The second kappa shape index (κ2) is 12.6. The maximum Gasteiger partial charge on any atom is 0.210 e. The summed E-state index contributed by atoms with van der Waals surface area (Å²) in [5, 5.41) is 0. The first kappa shape index (κ1) is 24.3. The summed E-state index contributed by atoms with van der Waals surface area (Å²) in [4.78, 5) is 33.0. The molecule has 0 aliphatic carbocycles. The molecule has 0 fully saturated rings. The Labute approximate surface area is 164 Å². The van der Waals surface area contributed by atoms with Gasteiger partial charge in [-0.2, -0.15) is 0 Å². The molecule has 0 saturated carbocycles. The van der Waals surface area contributed by atoms with E-state index in [1.54, 1.807) is 27.7 Å². The fourth-order valence-corrected chi connectivity index (χ4v) is 1.13. The topological polar surface area (TPSA) is 51.2 Å². The third-order valence-electron chi connectivity index (χ3n) is 3.00. The number of hydrogen-bond donors (Lipinski definition) is 0. The fraction of sp³-hybridized carbons (Fsp3) is 0.696. The second-order valence-electron chi connectivity index (χ2n) is 8.93. The summed E-state index contributed by atoms with van der Waals surface area (Å²) in [5.41, 5.74) is -0.975. The smallest absolute Gasteiger partial charge is 0.210 e. The molecule has 0 N–H and O–H groups in total. The highest BCUT2D eigenvalue weighted by molar-refractivity contribution is 5.99. The molecular formula is C23H40O3. The molecule has 3 heteroatoms. The van der Waals surface area contributed by atoms with E-state index < -0.39 is 5.41 Å². The molecule has 0 radical (unpaired) electrons. The minimum absolute atomic E-state index is 0.00463. The van der Waals surface area contributed by atoms with Crippen molar-refractivity contribution in [3.05, 3.63) is 12.1 Å². The van der Waals surface area contributed by atoms with Crippen molar-refractivity contribution in [2.45, 2.75) is 89.5 Å². The SMILES string of the molecule is CC#CC(=O)C(C)(C)C.CCC(=O)C(C)(C)C.[2H]/C(C)=C(/[2H])C(=O)C(C)(C)C. The van der Waals surface area contributed by atoms with Crippen molar-refractivity contribution in [1.29, 1.82) is 0 Å². The summed E-state index contributed by atoms with van der Waals surface area (Å²) in [5.74, 6) is 5.13. The summed E-state index contributed by atoms with van der Waals surface area (Å²) in [6.07, 6.45) is 0.656. The third kappa shape index (κ3) is 17.1. The van der Waals surface area contributed by atoms with Crippen LogP contribution in [0.3, 0.4) is 0 Å². The molecule has 150 valence electrons. The second-order valence-corrected chi connectivity index (χ2v) is 8.93. The van der Waals surface area contributed by atoms with Gasteiger partial charge in [-0.05, 0) is 25.8 Å². The number of carbonyl (C=O) groups is 3. The lowest BCUT2D eigenvalue weighted by molar-refractivity contribution is -0.126. The summed E-state index contributed by atoms with van der Waals surface area (Å²) >= 11 is 0. The Bertz CT molecular complexity index is 622. The van der Waals surface area contributed by atoms with Gasteiger partial charge in [-0.15, -0.1) is 0 Å². The fourth-order valence-electron chi connectivity index (χ4n) is 1.13. The Morgan fingerprint density at radius 3 is 1.38 bits per heavy atom. The molecule has 0 saturated heterocycles. The largest absolute Gasteiger partial charge is 0.299 e. The number of rotatable bonds is 2. The van der Waals surface area contributed by atoms with E-state index in [1.165, 1.54) is 6.92 Å². The van der Waals surface area contributed by atoms with E-state index in [1.807, 2.05) is 48.5 Å². The van der Waals surface area contributed by atoms with Gasteiger partial charge in [-0.3, -0.25) is 14.4 Å². The van der Waals surface area contributed by atoms with E-state index in [9.17, 15) is 14.4 Å². The minimum Gasteiger partial charge on any atom is -0.299 e. The molecule has 0 rings (SSSR count). The Balaban J connectivity index is -0.000000340. The van der Waals surface area contributed by atoms with Gasteiger partial charge in [0.1, 0.15) is 5.78 Å². The molecule has 0 bridgehead atoms. The average molecular weight is 367 g/mol. The Morgan fingerprint density at radius 2 is 1.31 bits per heavy atom. The van der Waals surface area contributed by atoms with Crippen LogP contribution in [0.4, 0.5) is 0 Å². The lowest BCUT2D eigenvalue weighted by Crippen LogP contribution is -2.18. The van der Waals surface area contributed by atoms with Gasteiger partial charge in [0.2, 0.25) is 5.78 Å². The van der Waals surface area contributed by atoms with Gasteiger partial charge >= 0.3 is 0 Å². The first-order valence-electron chi connectivity index (χ1n) is 9.92. The maximum absolute atomic E-state index is 11.2. The molecule has 0 heterocycles. The molecule has 0 aromatic carbocycles. The molecule has 3 nitrogen and oxygen atoms in total. The lowest BCUT2D eigenvalue weighted by atomic mass is 9.90. The molecule has 0 aliphatic heterocycles. The van der Waals surface area contributed by atoms with E-state index in [2.05, 4.69) is 11.8 Å². The van der Waals surface area contributed by atoms with Crippen LogP contribution < -0.4 is 0 Å². The number of ketones is 3. The highest BCUT2D eigenvalue weighted by Crippen LogP contribution is 2.16. The van der Waals surface area contributed by atoms with Gasteiger partial charge in [-0.1, -0.05) is 81.2 Å². The monoisotopic (exact) mass is 366 g/mol. The highest BCUT2D eigenvalue weighted by atomic mass is 16.1. The van der Waals surface area contributed by atoms with Crippen LogP contribution >= 0.6 is 0 Å². The van der Waals surface area contributed by atoms with Gasteiger partial charge in [0.25, 0.3) is 0 Å². The number of carbonyl (C=O) groups excluding carboxylic acids is 3. The molecule has 26 heavy (non-hydrogen) atoms. The van der Waals surface area contributed by atoms with Crippen LogP contribution in [0.15, 0.2) is 12.1 Å². The van der Waals surface area contributed by atoms with Crippen LogP contribution in [-0.2, 0) is 14.4 Å². The van der Waals surface area contributed by atoms with Crippen molar-refractivity contribution in [3.63, 3.8) is 0 Å². The van der Waals surface area contributed by atoms with E-state index in [0.29, 0.717) is 12.2 Å². The van der Waals surface area contributed by atoms with Crippen LogP contribution in [0.1, 0.15) is 92.2 Å². The average Bonchev–Trinajstić information content (AvgIpc) is 2.51. The van der Waals surface area contributed by atoms with E-state index in [0.717, 1.165) is 0 Å². The van der Waals surface area contributed by atoms with E-state index in [-0.39, 0.29) is 34.5 Å². The molecule has 0 aromatic heterocycles. The predicted molar refractivity (Wildman–Crippen MR) is 112 cm³/mol. The van der Waals surface area contributed by atoms with Gasteiger partial charge < -0.3 is 0 Å². The zero-order chi connectivity index (χ0) is 23.5. The molecule has 0 aromatic rings. The molecule has 0 unspecified atom stereocenters. The lowest BCUT2D eigenvalue weighted by Gasteiger charge is -2.13. The quantitative estimate of drug-likeness (QED) is 0.352. The number of Topliss-reactive ketones (excluding diaryl/α,β-unsaturated/α-hetero) is 2. The van der Waals surface area contributed by atoms with Gasteiger partial charge in [0, 0.05) is 22.7 Å². The van der Waals surface area contributed by atoms with E-state index in [4.69, 9.17) is 2.74 Å². The zero-order valence-electron chi connectivity index (χ0n) is 20.9. The van der Waals surface area contributed by atoms with Gasteiger partial charge in [-0.25, -0.2) is 0 Å². The first-order chi connectivity index (χ1) is 12.2. The van der Waals surface area contributed by atoms with Crippen molar-refractivity contribution in [2.75, 3.05) is 0 Å². The molecule has 0 atom stereocenters. The first-order valence-corrected chi connectivity index (χ1v) is 8.92. The van der Waals surface area contributed by atoms with Crippen molar-refractivity contribution < 1.29 is 17.1 Å². The summed E-state index contributed by atoms with van der Waals surface area (Å²) in [6, 6.07) is -0.151. The van der Waals surface area contributed by atoms with Crippen molar-refractivity contribution in [2.24, 2.45) is 16.2 Å². The number of allylic oxidation sites excluding steroid dienone is 2. The van der Waals surface area contributed by atoms with Crippen LogP contribution in [0.25, 0.3) is 0 Å². The summed E-state index contributed by atoms with van der Waals surface area (Å²) in [6.45, 7) is 21.7. The zero-order valence-corrected chi connectivity index (χ0v) is 18.9. The summed E-state index contributed by atoms with van der Waals surface area (Å²) in [7, 11) is 0. The van der Waals surface area contributed by atoms with Crippen molar-refractivity contribution >= 4 is 17.3 Å². The Kier molecular flexibility index (Phi) is 11.8. The van der Waals surface area contributed by atoms with Gasteiger partial charge in [0.15, 0.2) is 5.78 Å². The molecule has 0 amide bonds. The Hall–Kier alpha value is -1.69. The van der Waals surface area contributed by atoms with Crippen molar-refractivity contribution in [1.82, 2.24) is 0 Å². The minimum atomic E-state index is -0.542. The summed E-state index contributed by atoms with van der Waals surface area (Å²) < 4.78 is 14.3. The molecular weight excluding hydrogens is 324 g/mol. The highest BCUT2D eigenvalue weighted by Gasteiger charge is 2.19. The third-order valence-corrected chi connectivity index (χ3v) is 3.00. The normalized spacial score (nSPS) is 13.1. The van der Waals surface area contributed by atoms with Crippen LogP contribution in [0.5, 0.6) is 0 Å². The standard InChI is InChI=1S/C8H14O.C8H12O.C7H14O/c2*1-5-6-7(9)8(2,3)4;1-5-6(8)7(2,3)4/h5-6H,1-4H3;1-4H3;5H2,1-4H3/b6-5+;;/i5D,6D;;. The van der Waals surface area contributed by atoms with E-state index >= 15 is 0 Å². The molecule has 0 spiro atoms. The molecule has 0 aliphatic rings. The van der Waals surface area contributed by atoms with Gasteiger partial charge in [0.05, 0.1) is 2.74 Å². The number of hydrogen-bond acceptors (Lipinski definition) is 3.